The van der Waals surface area contributed by atoms with Crippen molar-refractivity contribution in [1.82, 2.24) is 5.32 Å². The summed E-state index contributed by atoms with van der Waals surface area (Å²) < 4.78 is 0. The Labute approximate surface area is 72.1 Å². The normalized spacial score (nSPS) is 10.2. The van der Waals surface area contributed by atoms with Crippen molar-refractivity contribution in [3.63, 3.8) is 0 Å². The highest BCUT2D eigenvalue weighted by Crippen LogP contribution is 1.96. The van der Waals surface area contributed by atoms with Crippen LogP contribution in [0, 0.1) is 0 Å². The van der Waals surface area contributed by atoms with Crippen LogP contribution in [0.2, 0.25) is 0 Å². The largest absolute Gasteiger partial charge is 0.353 e. The number of carbonyl (C=O) groups is 1. The van der Waals surface area contributed by atoms with Gasteiger partial charge in [0.05, 0.1) is 5.75 Å². The van der Waals surface area contributed by atoms with Gasteiger partial charge in [-0.15, -0.1) is 0 Å². The van der Waals surface area contributed by atoms with Gasteiger partial charge in [0.25, 0.3) is 0 Å². The molecule has 0 aromatic rings. The highest BCUT2D eigenvalue weighted by Gasteiger charge is 2.01. The number of thioether (sulfide) groups is 1. The molecule has 3 nitrogen and oxygen atoms in total. The summed E-state index contributed by atoms with van der Waals surface area (Å²) in [6.45, 7) is 4.54. The Hall–Kier alpha value is -0.220. The zero-order valence-corrected chi connectivity index (χ0v) is 7.91. The molecule has 0 unspecified atom stereocenters. The van der Waals surface area contributed by atoms with Crippen LogP contribution in [0.1, 0.15) is 13.8 Å². The zero-order chi connectivity index (χ0) is 8.69. The van der Waals surface area contributed by atoms with Crippen molar-refractivity contribution in [2.24, 2.45) is 5.73 Å². The summed E-state index contributed by atoms with van der Waals surface area (Å²) in [4.78, 5) is 11.0. The molecule has 11 heavy (non-hydrogen) atoms. The van der Waals surface area contributed by atoms with Crippen LogP contribution in [0.25, 0.3) is 0 Å². The lowest BCUT2D eigenvalue weighted by molar-refractivity contribution is -0.119. The van der Waals surface area contributed by atoms with Crippen molar-refractivity contribution in [2.75, 3.05) is 18.1 Å². The Bertz CT molecular complexity index is 117. The van der Waals surface area contributed by atoms with Crippen LogP contribution in [0.5, 0.6) is 0 Å². The summed E-state index contributed by atoms with van der Waals surface area (Å²) in [5, 5.41) is 2.80. The minimum Gasteiger partial charge on any atom is -0.353 e. The van der Waals surface area contributed by atoms with Crippen molar-refractivity contribution < 1.29 is 4.79 Å². The van der Waals surface area contributed by atoms with E-state index in [0.29, 0.717) is 12.3 Å². The molecule has 1 amide bonds. The number of hydrogen-bond acceptors (Lipinski definition) is 3. The second-order valence-corrected chi connectivity index (χ2v) is 3.67. The predicted molar refractivity (Wildman–Crippen MR) is 49.7 cm³/mol. The first-order valence-corrected chi connectivity index (χ1v) is 4.89. The summed E-state index contributed by atoms with van der Waals surface area (Å²) >= 11 is 1.57. The number of amides is 1. The summed E-state index contributed by atoms with van der Waals surface area (Å²) in [6, 6.07) is 0.237. The van der Waals surface area contributed by atoms with E-state index in [0.717, 1.165) is 5.75 Å². The Morgan fingerprint density at radius 2 is 2.27 bits per heavy atom. The Morgan fingerprint density at radius 3 is 2.73 bits per heavy atom. The molecule has 3 N–H and O–H groups in total. The van der Waals surface area contributed by atoms with Gasteiger partial charge < -0.3 is 11.1 Å². The standard InChI is InChI=1S/C7H16N2OS/c1-6(2)9-7(10)5-11-4-3-8/h6H,3-5,8H2,1-2H3,(H,9,10). The van der Waals surface area contributed by atoms with Crippen LogP contribution in [-0.2, 0) is 4.79 Å². The van der Waals surface area contributed by atoms with Gasteiger partial charge >= 0.3 is 0 Å². The molecule has 0 rings (SSSR count). The topological polar surface area (TPSA) is 55.1 Å². The van der Waals surface area contributed by atoms with E-state index in [1.165, 1.54) is 0 Å². The van der Waals surface area contributed by atoms with E-state index < -0.39 is 0 Å². The average molecular weight is 176 g/mol. The van der Waals surface area contributed by atoms with Gasteiger partial charge in [-0.05, 0) is 13.8 Å². The van der Waals surface area contributed by atoms with E-state index in [2.05, 4.69) is 5.32 Å². The molecule has 0 aromatic carbocycles. The van der Waals surface area contributed by atoms with E-state index in [-0.39, 0.29) is 11.9 Å². The summed E-state index contributed by atoms with van der Waals surface area (Å²) in [7, 11) is 0. The van der Waals surface area contributed by atoms with Crippen molar-refractivity contribution >= 4 is 17.7 Å². The summed E-state index contributed by atoms with van der Waals surface area (Å²) in [5.74, 6) is 1.47. The fourth-order valence-corrected chi connectivity index (χ4v) is 1.19. The van der Waals surface area contributed by atoms with Crippen LogP contribution in [0.3, 0.4) is 0 Å². The van der Waals surface area contributed by atoms with E-state index in [9.17, 15) is 4.79 Å². The lowest BCUT2D eigenvalue weighted by Gasteiger charge is -2.06. The number of nitrogens with two attached hydrogens (primary N) is 1. The predicted octanol–water partition coefficient (Wildman–Crippen LogP) is 0.203. The monoisotopic (exact) mass is 176 g/mol. The molecule has 4 heteroatoms. The molecule has 0 atom stereocenters. The third kappa shape index (κ3) is 7.68. The molecular formula is C7H16N2OS. The van der Waals surface area contributed by atoms with Gasteiger partial charge in [-0.25, -0.2) is 0 Å². The van der Waals surface area contributed by atoms with Gasteiger partial charge in [0.15, 0.2) is 0 Å². The molecule has 0 aromatic heterocycles. The van der Waals surface area contributed by atoms with E-state index in [1.807, 2.05) is 13.8 Å². The van der Waals surface area contributed by atoms with Crippen molar-refractivity contribution in [2.45, 2.75) is 19.9 Å². The highest BCUT2D eigenvalue weighted by molar-refractivity contribution is 7.99. The van der Waals surface area contributed by atoms with Gasteiger partial charge in [-0.2, -0.15) is 11.8 Å². The van der Waals surface area contributed by atoms with Gasteiger partial charge in [-0.1, -0.05) is 0 Å². The van der Waals surface area contributed by atoms with Crippen LogP contribution in [0.4, 0.5) is 0 Å². The Balaban J connectivity index is 3.23. The first kappa shape index (κ1) is 10.8. The first-order valence-electron chi connectivity index (χ1n) is 3.74. The molecule has 66 valence electrons. The maximum atomic E-state index is 11.0. The maximum absolute atomic E-state index is 11.0. The summed E-state index contributed by atoms with van der Waals surface area (Å²) in [5.41, 5.74) is 5.26. The van der Waals surface area contributed by atoms with Crippen molar-refractivity contribution in [3.05, 3.63) is 0 Å². The quantitative estimate of drug-likeness (QED) is 0.588. The fourth-order valence-electron chi connectivity index (χ4n) is 0.612. The average Bonchev–Trinajstić information content (AvgIpc) is 1.86. The lowest BCUT2D eigenvalue weighted by Crippen LogP contribution is -2.31. The molecule has 0 bridgehead atoms. The van der Waals surface area contributed by atoms with Crippen LogP contribution >= 0.6 is 11.8 Å². The molecule has 0 aliphatic rings. The van der Waals surface area contributed by atoms with E-state index >= 15 is 0 Å². The Morgan fingerprint density at radius 1 is 1.64 bits per heavy atom. The number of rotatable bonds is 5. The summed E-state index contributed by atoms with van der Waals surface area (Å²) in [6.07, 6.45) is 0. The molecule has 0 heterocycles. The van der Waals surface area contributed by atoms with Crippen molar-refractivity contribution in [3.8, 4) is 0 Å². The molecular weight excluding hydrogens is 160 g/mol. The van der Waals surface area contributed by atoms with Gasteiger partial charge in [0, 0.05) is 18.3 Å². The van der Waals surface area contributed by atoms with E-state index in [1.54, 1.807) is 11.8 Å². The van der Waals surface area contributed by atoms with E-state index in [4.69, 9.17) is 5.73 Å². The first-order chi connectivity index (χ1) is 5.16. The molecule has 0 spiro atoms. The molecule has 0 saturated heterocycles. The van der Waals surface area contributed by atoms with Crippen molar-refractivity contribution in [1.29, 1.82) is 0 Å². The van der Waals surface area contributed by atoms with Crippen LogP contribution in [-0.4, -0.2) is 30.0 Å². The maximum Gasteiger partial charge on any atom is 0.230 e. The molecule has 0 fully saturated rings. The number of carbonyl (C=O) groups excluding carboxylic acids is 1. The minimum atomic E-state index is 0.0958. The third-order valence-electron chi connectivity index (χ3n) is 0.945. The molecule has 0 saturated carbocycles. The SMILES string of the molecule is CC(C)NC(=O)CSCCN. The molecule has 0 aliphatic heterocycles. The lowest BCUT2D eigenvalue weighted by atomic mass is 10.4. The highest BCUT2D eigenvalue weighted by atomic mass is 32.2. The minimum absolute atomic E-state index is 0.0958. The fraction of sp³-hybridized carbons (Fsp3) is 0.857. The second-order valence-electron chi connectivity index (χ2n) is 2.56. The number of hydrogen-bond donors (Lipinski definition) is 2. The smallest absolute Gasteiger partial charge is 0.230 e. The third-order valence-corrected chi connectivity index (χ3v) is 1.94. The Kier molecular flexibility index (Phi) is 6.36. The van der Waals surface area contributed by atoms with Crippen LogP contribution in [0.15, 0.2) is 0 Å². The molecule has 0 aliphatic carbocycles. The van der Waals surface area contributed by atoms with Crippen LogP contribution < -0.4 is 11.1 Å². The van der Waals surface area contributed by atoms with Gasteiger partial charge in [-0.3, -0.25) is 4.79 Å². The zero-order valence-electron chi connectivity index (χ0n) is 7.09. The van der Waals surface area contributed by atoms with Gasteiger partial charge in [0.1, 0.15) is 0 Å². The number of nitrogens with one attached hydrogen (secondary N) is 1. The molecule has 0 radical (unpaired) electrons. The van der Waals surface area contributed by atoms with Gasteiger partial charge in [0.2, 0.25) is 5.91 Å². The second kappa shape index (κ2) is 6.49.